The van der Waals surface area contributed by atoms with Crippen molar-refractivity contribution in [2.75, 3.05) is 13.1 Å². The number of rotatable bonds is 1. The second-order valence-corrected chi connectivity index (χ2v) is 3.67. The van der Waals surface area contributed by atoms with Gasteiger partial charge in [-0.2, -0.15) is 0 Å². The molecule has 1 fully saturated rings. The van der Waals surface area contributed by atoms with Crippen LogP contribution >= 0.6 is 12.4 Å². The molecule has 2 rings (SSSR count). The van der Waals surface area contributed by atoms with Crippen molar-refractivity contribution in [3.8, 4) is 0 Å². The maximum atomic E-state index is 13.2. The largest absolute Gasteiger partial charge is 0.319 e. The van der Waals surface area contributed by atoms with Crippen LogP contribution in [0, 0.1) is 12.7 Å². The lowest BCUT2D eigenvalue weighted by molar-refractivity contribution is 0.284. The zero-order valence-corrected chi connectivity index (χ0v) is 8.83. The number of halogens is 2. The summed E-state index contributed by atoms with van der Waals surface area (Å²) < 4.78 is 13.2. The Hall–Kier alpha value is -0.640. The van der Waals surface area contributed by atoms with Gasteiger partial charge < -0.3 is 11.1 Å². The van der Waals surface area contributed by atoms with Crippen LogP contribution in [0.2, 0.25) is 0 Å². The second kappa shape index (κ2) is 3.85. The van der Waals surface area contributed by atoms with Crippen LogP contribution in [0.15, 0.2) is 18.2 Å². The third-order valence-electron chi connectivity index (χ3n) is 2.68. The van der Waals surface area contributed by atoms with Gasteiger partial charge in [-0.3, -0.25) is 0 Å². The second-order valence-electron chi connectivity index (χ2n) is 3.67. The van der Waals surface area contributed by atoms with Gasteiger partial charge in [0, 0.05) is 13.1 Å². The van der Waals surface area contributed by atoms with Crippen molar-refractivity contribution in [1.82, 2.24) is 5.32 Å². The van der Waals surface area contributed by atoms with Crippen LogP contribution in [0.4, 0.5) is 4.39 Å². The van der Waals surface area contributed by atoms with Gasteiger partial charge in [0.2, 0.25) is 0 Å². The Bertz CT molecular complexity index is 337. The van der Waals surface area contributed by atoms with Gasteiger partial charge in [0.25, 0.3) is 0 Å². The van der Waals surface area contributed by atoms with E-state index in [-0.39, 0.29) is 23.8 Å². The third kappa shape index (κ3) is 1.63. The zero-order chi connectivity index (χ0) is 9.47. The highest BCUT2D eigenvalue weighted by molar-refractivity contribution is 5.85. The summed E-state index contributed by atoms with van der Waals surface area (Å²) >= 11 is 0. The lowest BCUT2D eigenvalue weighted by atomic mass is 9.83. The van der Waals surface area contributed by atoms with E-state index in [1.54, 1.807) is 13.0 Å². The number of benzene rings is 1. The van der Waals surface area contributed by atoms with Crippen molar-refractivity contribution in [3.63, 3.8) is 0 Å². The number of nitrogens with two attached hydrogens (primary N) is 1. The fourth-order valence-corrected chi connectivity index (χ4v) is 1.73. The van der Waals surface area contributed by atoms with Gasteiger partial charge in [0.15, 0.2) is 0 Å². The predicted molar refractivity (Wildman–Crippen MR) is 57.1 cm³/mol. The van der Waals surface area contributed by atoms with Crippen molar-refractivity contribution >= 4 is 12.4 Å². The minimum Gasteiger partial charge on any atom is -0.319 e. The molecule has 0 unspecified atom stereocenters. The molecule has 0 spiro atoms. The molecule has 2 nitrogen and oxygen atoms in total. The Balaban J connectivity index is 0.000000980. The van der Waals surface area contributed by atoms with Crippen LogP contribution in [0.5, 0.6) is 0 Å². The quantitative estimate of drug-likeness (QED) is 0.743. The van der Waals surface area contributed by atoms with Gasteiger partial charge in [-0.1, -0.05) is 12.1 Å². The summed E-state index contributed by atoms with van der Waals surface area (Å²) in [7, 11) is 0. The zero-order valence-electron chi connectivity index (χ0n) is 8.01. The normalized spacial score (nSPS) is 18.2. The molecule has 0 aliphatic carbocycles. The maximum Gasteiger partial charge on any atom is 0.126 e. The van der Waals surface area contributed by atoms with Gasteiger partial charge in [-0.25, -0.2) is 4.39 Å². The van der Waals surface area contributed by atoms with Crippen molar-refractivity contribution in [1.29, 1.82) is 0 Å². The van der Waals surface area contributed by atoms with Crippen molar-refractivity contribution in [2.24, 2.45) is 5.73 Å². The molecule has 0 atom stereocenters. The molecule has 78 valence electrons. The van der Waals surface area contributed by atoms with Crippen molar-refractivity contribution in [2.45, 2.75) is 12.5 Å². The van der Waals surface area contributed by atoms with E-state index in [2.05, 4.69) is 5.32 Å². The first-order valence-corrected chi connectivity index (χ1v) is 4.39. The Morgan fingerprint density at radius 1 is 1.43 bits per heavy atom. The van der Waals surface area contributed by atoms with E-state index in [1.807, 2.05) is 6.07 Å². The van der Waals surface area contributed by atoms with Gasteiger partial charge in [0.05, 0.1) is 5.54 Å². The van der Waals surface area contributed by atoms with Crippen molar-refractivity contribution < 1.29 is 4.39 Å². The highest BCUT2D eigenvalue weighted by Gasteiger charge is 2.35. The smallest absolute Gasteiger partial charge is 0.126 e. The molecule has 1 aliphatic heterocycles. The van der Waals surface area contributed by atoms with Crippen LogP contribution in [0.25, 0.3) is 0 Å². The average Bonchev–Trinajstić information content (AvgIpc) is 2.06. The van der Waals surface area contributed by atoms with Gasteiger partial charge >= 0.3 is 0 Å². The van der Waals surface area contributed by atoms with E-state index < -0.39 is 0 Å². The van der Waals surface area contributed by atoms with E-state index in [9.17, 15) is 4.39 Å². The van der Waals surface area contributed by atoms with Crippen LogP contribution in [-0.4, -0.2) is 13.1 Å². The highest BCUT2D eigenvalue weighted by atomic mass is 35.5. The summed E-state index contributed by atoms with van der Waals surface area (Å²) in [6.45, 7) is 3.24. The summed E-state index contributed by atoms with van der Waals surface area (Å²) in [6.07, 6.45) is 0. The van der Waals surface area contributed by atoms with E-state index >= 15 is 0 Å². The number of nitrogens with one attached hydrogen (secondary N) is 1. The van der Waals surface area contributed by atoms with Crippen LogP contribution < -0.4 is 11.1 Å². The highest BCUT2D eigenvalue weighted by Crippen LogP contribution is 2.26. The van der Waals surface area contributed by atoms with E-state index in [1.165, 1.54) is 6.07 Å². The van der Waals surface area contributed by atoms with Crippen LogP contribution in [0.1, 0.15) is 11.1 Å². The molecule has 0 aromatic heterocycles. The third-order valence-corrected chi connectivity index (χ3v) is 2.68. The Kier molecular flexibility index (Phi) is 3.14. The number of hydrogen-bond acceptors (Lipinski definition) is 2. The van der Waals surface area contributed by atoms with Crippen LogP contribution in [-0.2, 0) is 5.54 Å². The first-order valence-electron chi connectivity index (χ1n) is 4.39. The predicted octanol–water partition coefficient (Wildman–Crippen LogP) is 1.31. The van der Waals surface area contributed by atoms with E-state index in [0.29, 0.717) is 5.56 Å². The summed E-state index contributed by atoms with van der Waals surface area (Å²) in [5, 5.41) is 3.10. The minimum absolute atomic E-state index is 0. The molecular formula is C10H14ClFN2. The Labute approximate surface area is 89.1 Å². The van der Waals surface area contributed by atoms with Crippen LogP contribution in [0.3, 0.4) is 0 Å². The SMILES string of the molecule is Cc1c(F)cccc1C1(N)CNC1.Cl. The summed E-state index contributed by atoms with van der Waals surface area (Å²) in [6, 6.07) is 5.08. The topological polar surface area (TPSA) is 38.0 Å². The molecule has 14 heavy (non-hydrogen) atoms. The van der Waals surface area contributed by atoms with Gasteiger partial charge in [-0.15, -0.1) is 12.4 Å². The molecular weight excluding hydrogens is 203 g/mol. The first-order chi connectivity index (χ1) is 6.13. The Morgan fingerprint density at radius 3 is 2.57 bits per heavy atom. The summed E-state index contributed by atoms with van der Waals surface area (Å²) in [5.41, 5.74) is 7.30. The maximum absolute atomic E-state index is 13.2. The lowest BCUT2D eigenvalue weighted by Crippen LogP contribution is -2.63. The summed E-state index contributed by atoms with van der Waals surface area (Å²) in [5.74, 6) is -0.172. The first kappa shape index (κ1) is 11.4. The number of hydrogen-bond donors (Lipinski definition) is 2. The standard InChI is InChI=1S/C10H13FN2.ClH/c1-7-8(3-2-4-9(7)11)10(12)5-13-6-10;/h2-4,13H,5-6,12H2,1H3;1H. The van der Waals surface area contributed by atoms with E-state index in [4.69, 9.17) is 5.73 Å². The molecule has 1 heterocycles. The summed E-state index contributed by atoms with van der Waals surface area (Å²) in [4.78, 5) is 0. The van der Waals surface area contributed by atoms with E-state index in [0.717, 1.165) is 18.7 Å². The monoisotopic (exact) mass is 216 g/mol. The molecule has 4 heteroatoms. The fourth-order valence-electron chi connectivity index (χ4n) is 1.73. The molecule has 0 saturated carbocycles. The molecule has 0 bridgehead atoms. The van der Waals surface area contributed by atoms with Crippen molar-refractivity contribution in [3.05, 3.63) is 35.1 Å². The molecule has 3 N–H and O–H groups in total. The van der Waals surface area contributed by atoms with Gasteiger partial charge in [-0.05, 0) is 24.1 Å². The molecule has 0 amide bonds. The molecule has 0 radical (unpaired) electrons. The van der Waals surface area contributed by atoms with Gasteiger partial charge in [0.1, 0.15) is 5.82 Å². The molecule has 1 aromatic rings. The minimum atomic E-state index is -0.355. The lowest BCUT2D eigenvalue weighted by Gasteiger charge is -2.40. The molecule has 1 aromatic carbocycles. The average molecular weight is 217 g/mol. The Morgan fingerprint density at radius 2 is 2.07 bits per heavy atom. The fraction of sp³-hybridized carbons (Fsp3) is 0.400. The molecule has 1 aliphatic rings. The molecule has 1 saturated heterocycles.